The van der Waals surface area contributed by atoms with Crippen LogP contribution in [-0.2, 0) is 4.74 Å². The van der Waals surface area contributed by atoms with Crippen molar-refractivity contribution in [3.8, 4) is 11.6 Å². The zero-order chi connectivity index (χ0) is 15.0. The molecule has 0 aromatic carbocycles. The molecule has 0 spiro atoms. The number of rotatable bonds is 3. The molecule has 1 fully saturated rings. The summed E-state index contributed by atoms with van der Waals surface area (Å²) < 4.78 is 16.8. The molecule has 0 N–H and O–H groups in total. The summed E-state index contributed by atoms with van der Waals surface area (Å²) in [6.07, 6.45) is 1.63. The van der Waals surface area contributed by atoms with Crippen molar-refractivity contribution in [3.63, 3.8) is 0 Å². The highest BCUT2D eigenvalue weighted by molar-refractivity contribution is 5.53. The first-order chi connectivity index (χ1) is 10.0. The smallest absolute Gasteiger partial charge is 0.257 e. The Morgan fingerprint density at radius 1 is 1.33 bits per heavy atom. The van der Waals surface area contributed by atoms with Crippen LogP contribution in [0.1, 0.15) is 44.2 Å². The Labute approximate surface area is 124 Å². The van der Waals surface area contributed by atoms with E-state index in [0.29, 0.717) is 23.4 Å². The van der Waals surface area contributed by atoms with E-state index in [1.54, 1.807) is 6.26 Å². The third kappa shape index (κ3) is 2.87. The largest absolute Gasteiger partial charge is 0.461 e. The average Bonchev–Trinajstić information content (AvgIpc) is 3.06. The Balaban J connectivity index is 1.84. The number of furan rings is 1. The predicted octanol–water partition coefficient (Wildman–Crippen LogP) is 2.84. The van der Waals surface area contributed by atoms with Crippen LogP contribution >= 0.6 is 0 Å². The van der Waals surface area contributed by atoms with E-state index in [9.17, 15) is 0 Å². The predicted molar refractivity (Wildman–Crippen MR) is 76.9 cm³/mol. The second-order valence-electron chi connectivity index (χ2n) is 5.97. The number of hydrogen-bond acceptors (Lipinski definition) is 6. The fraction of sp³-hybridized carbons (Fsp3) is 0.600. The van der Waals surface area contributed by atoms with E-state index in [0.717, 1.165) is 18.7 Å². The second-order valence-corrected chi connectivity index (χ2v) is 5.97. The number of likely N-dealkylation sites (N-methyl/N-ethyl adjacent to an activating group) is 1. The van der Waals surface area contributed by atoms with Gasteiger partial charge in [0.15, 0.2) is 5.76 Å². The molecular formula is C15H21N3O3. The van der Waals surface area contributed by atoms with Crippen LogP contribution in [0.5, 0.6) is 0 Å². The molecule has 3 heterocycles. The minimum atomic E-state index is -0.183. The van der Waals surface area contributed by atoms with Crippen molar-refractivity contribution in [2.45, 2.75) is 38.9 Å². The first-order valence-electron chi connectivity index (χ1n) is 7.30. The number of morpholine rings is 1. The summed E-state index contributed by atoms with van der Waals surface area (Å²) in [5.41, 5.74) is 1.08. The quantitative estimate of drug-likeness (QED) is 0.866. The summed E-state index contributed by atoms with van der Waals surface area (Å²) in [6.45, 7) is 7.92. The molecule has 6 heteroatoms. The van der Waals surface area contributed by atoms with Crippen molar-refractivity contribution >= 4 is 0 Å². The minimum Gasteiger partial charge on any atom is -0.461 e. The lowest BCUT2D eigenvalue weighted by molar-refractivity contribution is -0.0838. The molecular weight excluding hydrogens is 270 g/mol. The molecule has 2 aromatic rings. The lowest BCUT2D eigenvalue weighted by Crippen LogP contribution is -2.40. The molecule has 0 aliphatic carbocycles. The van der Waals surface area contributed by atoms with Crippen molar-refractivity contribution < 1.29 is 13.7 Å². The fourth-order valence-electron chi connectivity index (χ4n) is 2.71. The van der Waals surface area contributed by atoms with Crippen LogP contribution in [0.25, 0.3) is 11.6 Å². The van der Waals surface area contributed by atoms with Gasteiger partial charge in [-0.05, 0) is 26.0 Å². The summed E-state index contributed by atoms with van der Waals surface area (Å²) in [6, 6.07) is 1.95. The molecule has 3 rings (SSSR count). The molecule has 6 nitrogen and oxygen atoms in total. The van der Waals surface area contributed by atoms with E-state index >= 15 is 0 Å². The highest BCUT2D eigenvalue weighted by Gasteiger charge is 2.29. The van der Waals surface area contributed by atoms with Crippen molar-refractivity contribution in [1.29, 1.82) is 0 Å². The average molecular weight is 291 g/mol. The number of hydrogen-bond donors (Lipinski definition) is 0. The highest BCUT2D eigenvalue weighted by Crippen LogP contribution is 2.30. The molecule has 0 saturated carbocycles. The van der Waals surface area contributed by atoms with Crippen LogP contribution in [0.4, 0.5) is 0 Å². The molecule has 2 aromatic heterocycles. The van der Waals surface area contributed by atoms with Crippen LogP contribution in [0.2, 0.25) is 0 Å². The number of nitrogens with zero attached hydrogens (tertiary/aromatic N) is 3. The van der Waals surface area contributed by atoms with Crippen molar-refractivity contribution in [2.24, 2.45) is 0 Å². The first-order valence-corrected chi connectivity index (χ1v) is 7.30. The number of aromatic nitrogens is 2. The van der Waals surface area contributed by atoms with Crippen LogP contribution in [-0.4, -0.2) is 41.3 Å². The van der Waals surface area contributed by atoms with E-state index in [1.165, 1.54) is 0 Å². The Morgan fingerprint density at radius 3 is 2.86 bits per heavy atom. The van der Waals surface area contributed by atoms with Gasteiger partial charge in [0.25, 0.3) is 5.89 Å². The summed E-state index contributed by atoms with van der Waals surface area (Å²) >= 11 is 0. The zero-order valence-electron chi connectivity index (χ0n) is 12.9. The summed E-state index contributed by atoms with van der Waals surface area (Å²) in [7, 11) is 2.06. The fourth-order valence-corrected chi connectivity index (χ4v) is 2.71. The maximum atomic E-state index is 5.88. The van der Waals surface area contributed by atoms with E-state index < -0.39 is 0 Å². The molecule has 2 atom stereocenters. The lowest BCUT2D eigenvalue weighted by atomic mass is 10.0. The van der Waals surface area contributed by atoms with Crippen molar-refractivity contribution in [3.05, 3.63) is 23.8 Å². The molecule has 0 bridgehead atoms. The Morgan fingerprint density at radius 2 is 2.14 bits per heavy atom. The summed E-state index contributed by atoms with van der Waals surface area (Å²) in [4.78, 5) is 6.67. The van der Waals surface area contributed by atoms with E-state index in [1.807, 2.05) is 13.0 Å². The second kappa shape index (κ2) is 5.61. The number of ether oxygens (including phenoxy) is 1. The molecule has 1 aliphatic heterocycles. The monoisotopic (exact) mass is 291 g/mol. The van der Waals surface area contributed by atoms with Gasteiger partial charge in [-0.25, -0.2) is 0 Å². The van der Waals surface area contributed by atoms with E-state index in [2.05, 4.69) is 35.9 Å². The maximum absolute atomic E-state index is 5.88. The van der Waals surface area contributed by atoms with Gasteiger partial charge in [-0.1, -0.05) is 19.0 Å². The minimum absolute atomic E-state index is 0.152. The molecule has 21 heavy (non-hydrogen) atoms. The molecule has 1 aliphatic rings. The van der Waals surface area contributed by atoms with Gasteiger partial charge >= 0.3 is 0 Å². The normalized spacial score (nSPS) is 23.9. The molecule has 114 valence electrons. The van der Waals surface area contributed by atoms with E-state index in [-0.39, 0.29) is 12.2 Å². The SMILES string of the molecule is CC(C)c1ccoc1-c1noc([C@H]2CN(C)C[C@@H](C)O2)n1. The summed E-state index contributed by atoms with van der Waals surface area (Å²) in [5, 5.41) is 4.05. The van der Waals surface area contributed by atoms with Gasteiger partial charge in [0, 0.05) is 18.7 Å². The van der Waals surface area contributed by atoms with Gasteiger partial charge in [0.1, 0.15) is 6.10 Å². The lowest BCUT2D eigenvalue weighted by Gasteiger charge is -2.32. The van der Waals surface area contributed by atoms with Crippen LogP contribution in [0.15, 0.2) is 21.3 Å². The van der Waals surface area contributed by atoms with Gasteiger partial charge in [0.05, 0.1) is 12.4 Å². The molecule has 0 radical (unpaired) electrons. The van der Waals surface area contributed by atoms with Gasteiger partial charge < -0.3 is 18.6 Å². The van der Waals surface area contributed by atoms with Crippen LogP contribution < -0.4 is 0 Å². The Kier molecular flexibility index (Phi) is 3.82. The Bertz CT molecular complexity index is 595. The maximum Gasteiger partial charge on any atom is 0.257 e. The standard InChI is InChI=1S/C15H21N3O3/c1-9(2)11-5-6-19-13(11)14-16-15(21-17-14)12-8-18(4)7-10(3)20-12/h5-6,9-10,12H,7-8H2,1-4H3/t10-,12-/m1/s1. The van der Waals surface area contributed by atoms with Gasteiger partial charge in [0.2, 0.25) is 5.82 Å². The Hall–Kier alpha value is -1.66. The molecule has 0 amide bonds. The van der Waals surface area contributed by atoms with Gasteiger partial charge in [-0.3, -0.25) is 0 Å². The zero-order valence-corrected chi connectivity index (χ0v) is 12.9. The van der Waals surface area contributed by atoms with E-state index in [4.69, 9.17) is 13.7 Å². The van der Waals surface area contributed by atoms with Crippen molar-refractivity contribution in [2.75, 3.05) is 20.1 Å². The third-order valence-electron chi connectivity index (χ3n) is 3.68. The van der Waals surface area contributed by atoms with Gasteiger partial charge in [-0.2, -0.15) is 4.98 Å². The molecule has 0 unspecified atom stereocenters. The molecule has 1 saturated heterocycles. The first kappa shape index (κ1) is 14.3. The van der Waals surface area contributed by atoms with Crippen molar-refractivity contribution in [1.82, 2.24) is 15.0 Å². The topological polar surface area (TPSA) is 64.5 Å². The van der Waals surface area contributed by atoms with Crippen LogP contribution in [0, 0.1) is 0 Å². The highest BCUT2D eigenvalue weighted by atomic mass is 16.5. The van der Waals surface area contributed by atoms with Crippen LogP contribution in [0.3, 0.4) is 0 Å². The third-order valence-corrected chi connectivity index (χ3v) is 3.68. The van der Waals surface area contributed by atoms with Gasteiger partial charge in [-0.15, -0.1) is 0 Å². The summed E-state index contributed by atoms with van der Waals surface area (Å²) in [5.74, 6) is 2.02.